The fraction of sp³-hybridized carbons (Fsp3) is 0.750. The Labute approximate surface area is 92.1 Å². The van der Waals surface area contributed by atoms with Crippen molar-refractivity contribution in [3.63, 3.8) is 0 Å². The molecule has 0 spiro atoms. The van der Waals surface area contributed by atoms with E-state index in [4.69, 9.17) is 4.74 Å². The summed E-state index contributed by atoms with van der Waals surface area (Å²) in [6, 6.07) is 0.622. The van der Waals surface area contributed by atoms with Gasteiger partial charge in [-0.2, -0.15) is 0 Å². The molecule has 15 heavy (non-hydrogen) atoms. The van der Waals surface area contributed by atoms with Gasteiger partial charge in [-0.25, -0.2) is 4.79 Å². The van der Waals surface area contributed by atoms with Gasteiger partial charge in [-0.15, -0.1) is 0 Å². The molecule has 1 fully saturated rings. The normalized spacial score (nSPS) is 18.4. The van der Waals surface area contributed by atoms with E-state index in [2.05, 4.69) is 18.9 Å². The lowest BCUT2D eigenvalue weighted by atomic mass is 10.2. The maximum absolute atomic E-state index is 11.0. The predicted octanol–water partition coefficient (Wildman–Crippen LogP) is 1.84. The van der Waals surface area contributed by atoms with Crippen LogP contribution in [0.4, 0.5) is 0 Å². The van der Waals surface area contributed by atoms with Crippen LogP contribution in [0.5, 0.6) is 0 Å². The molecule has 1 aliphatic carbocycles. The molecule has 1 rings (SSSR count). The molecule has 1 unspecified atom stereocenters. The van der Waals surface area contributed by atoms with Gasteiger partial charge in [0.1, 0.15) is 0 Å². The van der Waals surface area contributed by atoms with Crippen LogP contribution in [0, 0.1) is 5.92 Å². The Bertz CT molecular complexity index is 234. The van der Waals surface area contributed by atoms with Crippen molar-refractivity contribution in [1.29, 1.82) is 0 Å². The number of nitrogens with zero attached hydrogens (tertiary/aromatic N) is 1. The smallest absolute Gasteiger partial charge is 0.330 e. The number of ether oxygens (including phenoxy) is 1. The summed E-state index contributed by atoms with van der Waals surface area (Å²) < 4.78 is 4.80. The van der Waals surface area contributed by atoms with Crippen LogP contribution < -0.4 is 0 Å². The molecule has 0 saturated heterocycles. The van der Waals surface area contributed by atoms with E-state index in [1.807, 2.05) is 13.0 Å². The van der Waals surface area contributed by atoms with Gasteiger partial charge in [-0.3, -0.25) is 4.90 Å². The molecule has 86 valence electrons. The molecular weight excluding hydrogens is 190 g/mol. The number of hydrogen-bond donors (Lipinski definition) is 0. The van der Waals surface area contributed by atoms with E-state index in [1.54, 1.807) is 0 Å². The minimum Gasteiger partial charge on any atom is -0.463 e. The van der Waals surface area contributed by atoms with Crippen LogP contribution in [0.25, 0.3) is 0 Å². The molecule has 3 heteroatoms. The second kappa shape index (κ2) is 5.91. The lowest BCUT2D eigenvalue weighted by Crippen LogP contribution is -2.30. The summed E-state index contributed by atoms with van der Waals surface area (Å²) in [7, 11) is 2.10. The fourth-order valence-corrected chi connectivity index (χ4v) is 1.61. The molecule has 0 aromatic carbocycles. The third-order valence-electron chi connectivity index (χ3n) is 2.93. The Morgan fingerprint density at radius 2 is 2.27 bits per heavy atom. The Balaban J connectivity index is 2.19. The van der Waals surface area contributed by atoms with E-state index >= 15 is 0 Å². The first kappa shape index (κ1) is 12.2. The first-order chi connectivity index (χ1) is 7.15. The Morgan fingerprint density at radius 1 is 1.60 bits per heavy atom. The van der Waals surface area contributed by atoms with Gasteiger partial charge in [0.25, 0.3) is 0 Å². The van der Waals surface area contributed by atoms with Crippen LogP contribution in [0.2, 0.25) is 0 Å². The Hall–Kier alpha value is -0.830. The lowest BCUT2D eigenvalue weighted by molar-refractivity contribution is -0.137. The molecule has 3 nitrogen and oxygen atoms in total. The maximum atomic E-state index is 11.0. The van der Waals surface area contributed by atoms with Crippen LogP contribution in [-0.4, -0.2) is 37.1 Å². The van der Waals surface area contributed by atoms with Crippen LogP contribution in [0.3, 0.4) is 0 Å². The number of carbonyl (C=O) groups is 1. The number of esters is 1. The van der Waals surface area contributed by atoms with E-state index in [9.17, 15) is 4.79 Å². The summed E-state index contributed by atoms with van der Waals surface area (Å²) in [5.41, 5.74) is 0. The largest absolute Gasteiger partial charge is 0.463 e. The van der Waals surface area contributed by atoms with E-state index < -0.39 is 0 Å². The minimum absolute atomic E-state index is 0.245. The average Bonchev–Trinajstić information content (AvgIpc) is 3.00. The number of hydrogen-bond acceptors (Lipinski definition) is 3. The van der Waals surface area contributed by atoms with Crippen molar-refractivity contribution in [3.8, 4) is 0 Å². The van der Waals surface area contributed by atoms with Gasteiger partial charge in [-0.1, -0.05) is 6.08 Å². The second-order valence-corrected chi connectivity index (χ2v) is 4.17. The highest BCUT2D eigenvalue weighted by Crippen LogP contribution is 2.34. The molecule has 0 bridgehead atoms. The quantitative estimate of drug-likeness (QED) is 0.496. The second-order valence-electron chi connectivity index (χ2n) is 4.17. The first-order valence-electron chi connectivity index (χ1n) is 5.68. The van der Waals surface area contributed by atoms with Crippen molar-refractivity contribution in [2.45, 2.75) is 32.7 Å². The van der Waals surface area contributed by atoms with E-state index in [1.165, 1.54) is 18.9 Å². The van der Waals surface area contributed by atoms with Crippen molar-refractivity contribution in [2.75, 3.05) is 20.2 Å². The summed E-state index contributed by atoms with van der Waals surface area (Å²) in [5.74, 6) is 0.621. The molecule has 1 atom stereocenters. The first-order valence-corrected chi connectivity index (χ1v) is 5.68. The fourth-order valence-electron chi connectivity index (χ4n) is 1.61. The summed E-state index contributed by atoms with van der Waals surface area (Å²) in [6.45, 7) is 5.32. The zero-order valence-electron chi connectivity index (χ0n) is 9.90. The zero-order valence-corrected chi connectivity index (χ0v) is 9.90. The lowest BCUT2D eigenvalue weighted by Gasteiger charge is -2.22. The molecule has 0 radical (unpaired) electrons. The Morgan fingerprint density at radius 3 is 2.80 bits per heavy atom. The van der Waals surface area contributed by atoms with Crippen molar-refractivity contribution in [2.24, 2.45) is 5.92 Å². The van der Waals surface area contributed by atoms with E-state index in [0.29, 0.717) is 12.6 Å². The summed E-state index contributed by atoms with van der Waals surface area (Å²) in [6.07, 6.45) is 6.09. The van der Waals surface area contributed by atoms with Gasteiger partial charge in [0.2, 0.25) is 0 Å². The minimum atomic E-state index is -0.245. The molecule has 0 aliphatic heterocycles. The molecule has 0 aromatic rings. The molecule has 0 amide bonds. The van der Waals surface area contributed by atoms with E-state index in [-0.39, 0.29) is 5.97 Å². The highest BCUT2D eigenvalue weighted by molar-refractivity contribution is 5.81. The van der Waals surface area contributed by atoms with Gasteiger partial charge in [0.15, 0.2) is 0 Å². The number of likely N-dealkylation sites (N-methyl/N-ethyl adjacent to an activating group) is 1. The molecule has 0 N–H and O–H groups in total. The van der Waals surface area contributed by atoms with Gasteiger partial charge in [-0.05, 0) is 39.7 Å². The predicted molar refractivity (Wildman–Crippen MR) is 60.6 cm³/mol. The van der Waals surface area contributed by atoms with E-state index in [0.717, 1.165) is 12.5 Å². The van der Waals surface area contributed by atoms with Crippen molar-refractivity contribution in [3.05, 3.63) is 12.2 Å². The standard InChI is InChI=1S/C12H21NO2/c1-4-15-12(14)6-5-9-13(3)10(2)11-7-8-11/h5-6,10-11H,4,7-9H2,1-3H3/b6-5+. The highest BCUT2D eigenvalue weighted by atomic mass is 16.5. The summed E-state index contributed by atoms with van der Waals surface area (Å²) in [4.78, 5) is 13.3. The van der Waals surface area contributed by atoms with Crippen LogP contribution in [0.15, 0.2) is 12.2 Å². The average molecular weight is 211 g/mol. The van der Waals surface area contributed by atoms with Crippen LogP contribution >= 0.6 is 0 Å². The topological polar surface area (TPSA) is 29.5 Å². The molecule has 1 saturated carbocycles. The van der Waals surface area contributed by atoms with Gasteiger partial charge >= 0.3 is 5.97 Å². The monoisotopic (exact) mass is 211 g/mol. The van der Waals surface area contributed by atoms with Gasteiger partial charge < -0.3 is 4.74 Å². The summed E-state index contributed by atoms with van der Waals surface area (Å²) in [5, 5.41) is 0. The summed E-state index contributed by atoms with van der Waals surface area (Å²) >= 11 is 0. The van der Waals surface area contributed by atoms with Crippen LogP contribution in [0.1, 0.15) is 26.7 Å². The molecule has 0 aromatic heterocycles. The van der Waals surface area contributed by atoms with Crippen molar-refractivity contribution < 1.29 is 9.53 Å². The maximum Gasteiger partial charge on any atom is 0.330 e. The van der Waals surface area contributed by atoms with Crippen LogP contribution in [-0.2, 0) is 9.53 Å². The molecule has 0 heterocycles. The molecule has 1 aliphatic rings. The SMILES string of the molecule is CCOC(=O)/C=C/CN(C)C(C)C1CC1. The van der Waals surface area contributed by atoms with Crippen molar-refractivity contribution >= 4 is 5.97 Å². The zero-order chi connectivity index (χ0) is 11.3. The number of carbonyl (C=O) groups excluding carboxylic acids is 1. The van der Waals surface area contributed by atoms with Gasteiger partial charge in [0, 0.05) is 18.7 Å². The third kappa shape index (κ3) is 4.47. The Kier molecular flexibility index (Phi) is 4.82. The van der Waals surface area contributed by atoms with Gasteiger partial charge in [0.05, 0.1) is 6.61 Å². The third-order valence-corrected chi connectivity index (χ3v) is 2.93. The van der Waals surface area contributed by atoms with Crippen molar-refractivity contribution in [1.82, 2.24) is 4.90 Å². The highest BCUT2D eigenvalue weighted by Gasteiger charge is 2.29. The number of rotatable bonds is 6. The molecular formula is C12H21NO2.